The molecule has 25 heavy (non-hydrogen) atoms. The van der Waals surface area contributed by atoms with Crippen LogP contribution in [-0.4, -0.2) is 33.3 Å². The molecule has 126 valence electrons. The largest absolute Gasteiger partial charge is 0.465 e. The molecule has 0 unspecified atom stereocenters. The van der Waals surface area contributed by atoms with E-state index < -0.39 is 5.97 Å². The summed E-state index contributed by atoms with van der Waals surface area (Å²) in [5, 5.41) is 14.8. The van der Waals surface area contributed by atoms with Crippen molar-refractivity contribution in [2.45, 2.75) is 6.92 Å². The fourth-order valence-electron chi connectivity index (χ4n) is 2.27. The summed E-state index contributed by atoms with van der Waals surface area (Å²) in [4.78, 5) is 11.8. The number of aryl methyl sites for hydroxylation is 1. The second-order valence-electron chi connectivity index (χ2n) is 5.30. The van der Waals surface area contributed by atoms with Crippen LogP contribution >= 0.6 is 0 Å². The van der Waals surface area contributed by atoms with E-state index in [1.165, 1.54) is 7.11 Å². The maximum Gasteiger partial charge on any atom is 0.339 e. The molecule has 0 aliphatic heterocycles. The number of ether oxygens (including phenoxy) is 1. The van der Waals surface area contributed by atoms with Crippen molar-refractivity contribution in [3.05, 3.63) is 71.7 Å². The molecule has 1 aromatic heterocycles. The average Bonchev–Trinajstić information content (AvgIpc) is 3.10. The molecule has 0 bridgehead atoms. The molecule has 0 saturated heterocycles. The Morgan fingerprint density at radius 1 is 1.16 bits per heavy atom. The molecule has 3 aromatic rings. The molecule has 0 radical (unpaired) electrons. The van der Waals surface area contributed by atoms with Gasteiger partial charge in [-0.2, -0.15) is 4.68 Å². The molecule has 0 aliphatic rings. The van der Waals surface area contributed by atoms with Crippen LogP contribution in [0.5, 0.6) is 0 Å². The topological polar surface area (TPSA) is 81.9 Å². The lowest BCUT2D eigenvalue weighted by molar-refractivity contribution is 0.0602. The highest BCUT2D eigenvalue weighted by Crippen LogP contribution is 2.16. The lowest BCUT2D eigenvalue weighted by Gasteiger charge is -2.07. The number of rotatable bonds is 5. The number of carbonyl (C=O) groups excluding carboxylic acids is 1. The second kappa shape index (κ2) is 7.39. The van der Waals surface area contributed by atoms with Gasteiger partial charge in [-0.3, -0.25) is 0 Å². The van der Waals surface area contributed by atoms with Crippen LogP contribution < -0.4 is 5.32 Å². The molecule has 0 amide bonds. The summed E-state index contributed by atoms with van der Waals surface area (Å²) >= 11 is 0. The van der Waals surface area contributed by atoms with Gasteiger partial charge in [-0.05, 0) is 41.6 Å². The number of nitrogens with zero attached hydrogens (tertiary/aromatic N) is 4. The van der Waals surface area contributed by atoms with Crippen LogP contribution in [0.3, 0.4) is 0 Å². The van der Waals surface area contributed by atoms with Gasteiger partial charge in [-0.15, -0.1) is 5.10 Å². The minimum absolute atomic E-state index is 0.402. The van der Waals surface area contributed by atoms with Gasteiger partial charge >= 0.3 is 5.97 Å². The van der Waals surface area contributed by atoms with E-state index in [1.54, 1.807) is 35.2 Å². The van der Waals surface area contributed by atoms with Crippen LogP contribution in [0.15, 0.2) is 54.7 Å². The summed E-state index contributed by atoms with van der Waals surface area (Å²) in [5.74, 6) is 0.160. The van der Waals surface area contributed by atoms with E-state index in [1.807, 2.05) is 37.3 Å². The van der Waals surface area contributed by atoms with E-state index in [2.05, 4.69) is 20.8 Å². The van der Waals surface area contributed by atoms with Crippen molar-refractivity contribution in [2.24, 2.45) is 0 Å². The average molecular weight is 335 g/mol. The first-order valence-electron chi connectivity index (χ1n) is 7.65. The molecule has 1 N–H and O–H groups in total. The van der Waals surface area contributed by atoms with Crippen LogP contribution in [0, 0.1) is 6.92 Å². The zero-order valence-electron chi connectivity index (χ0n) is 13.9. The molecule has 0 saturated carbocycles. The predicted octanol–water partition coefficient (Wildman–Crippen LogP) is 2.84. The summed E-state index contributed by atoms with van der Waals surface area (Å²) in [6, 6.07) is 15.0. The molecule has 0 spiro atoms. The van der Waals surface area contributed by atoms with Crippen molar-refractivity contribution >= 4 is 17.7 Å². The Kier molecular flexibility index (Phi) is 4.84. The smallest absolute Gasteiger partial charge is 0.339 e. The van der Waals surface area contributed by atoms with Crippen LogP contribution in [0.2, 0.25) is 0 Å². The van der Waals surface area contributed by atoms with Gasteiger partial charge in [0.15, 0.2) is 5.82 Å². The molecule has 2 aromatic carbocycles. The number of benzene rings is 2. The van der Waals surface area contributed by atoms with Crippen LogP contribution in [0.4, 0.5) is 5.69 Å². The highest BCUT2D eigenvalue weighted by molar-refractivity contribution is 5.95. The number of hydrogen-bond acceptors (Lipinski definition) is 6. The minimum atomic E-state index is -0.402. The molecular weight excluding hydrogens is 318 g/mol. The molecule has 7 heteroatoms. The van der Waals surface area contributed by atoms with Crippen molar-refractivity contribution < 1.29 is 9.53 Å². The van der Waals surface area contributed by atoms with Gasteiger partial charge < -0.3 is 10.1 Å². The monoisotopic (exact) mass is 335 g/mol. The highest BCUT2D eigenvalue weighted by atomic mass is 16.5. The third-order valence-corrected chi connectivity index (χ3v) is 3.58. The van der Waals surface area contributed by atoms with Crippen LogP contribution in [-0.2, 0) is 4.74 Å². The SMILES string of the molecule is COC(=O)c1ccccc1N/C=C\c1nnnn1-c1ccc(C)cc1. The number of carbonyl (C=O) groups is 1. The van der Waals surface area contributed by atoms with Crippen molar-refractivity contribution in [3.8, 4) is 5.69 Å². The zero-order valence-corrected chi connectivity index (χ0v) is 13.9. The molecule has 1 heterocycles. The number of anilines is 1. The standard InChI is InChI=1S/C18H17N5O2/c1-13-7-9-14(10-8-13)23-17(20-21-22-23)11-12-19-16-6-4-3-5-15(16)18(24)25-2/h3-12,19H,1-2H3/b12-11-. The molecule has 0 aliphatic carbocycles. The predicted molar refractivity (Wildman–Crippen MR) is 94.3 cm³/mol. The fourth-order valence-corrected chi connectivity index (χ4v) is 2.27. The lowest BCUT2D eigenvalue weighted by Crippen LogP contribution is -2.05. The van der Waals surface area contributed by atoms with Gasteiger partial charge in [-0.1, -0.05) is 29.8 Å². The Hall–Kier alpha value is -3.48. The Bertz CT molecular complexity index is 900. The minimum Gasteiger partial charge on any atom is -0.465 e. The summed E-state index contributed by atoms with van der Waals surface area (Å²) in [7, 11) is 1.35. The molecule has 0 fully saturated rings. The van der Waals surface area contributed by atoms with Crippen molar-refractivity contribution in [2.75, 3.05) is 12.4 Å². The Balaban J connectivity index is 1.80. The van der Waals surface area contributed by atoms with E-state index in [0.717, 1.165) is 11.3 Å². The van der Waals surface area contributed by atoms with E-state index in [9.17, 15) is 4.79 Å². The Morgan fingerprint density at radius 2 is 1.92 bits per heavy atom. The van der Waals surface area contributed by atoms with Crippen LogP contribution in [0.25, 0.3) is 11.8 Å². The molecule has 7 nitrogen and oxygen atoms in total. The van der Waals surface area contributed by atoms with Gasteiger partial charge in [0.05, 0.1) is 24.0 Å². The first kappa shape index (κ1) is 16.4. The van der Waals surface area contributed by atoms with E-state index in [-0.39, 0.29) is 0 Å². The fraction of sp³-hybridized carbons (Fsp3) is 0.111. The first-order valence-corrected chi connectivity index (χ1v) is 7.65. The molecule has 3 rings (SSSR count). The summed E-state index contributed by atoms with van der Waals surface area (Å²) in [6.45, 7) is 2.02. The second-order valence-corrected chi connectivity index (χ2v) is 5.30. The van der Waals surface area contributed by atoms with Crippen molar-refractivity contribution in [3.63, 3.8) is 0 Å². The normalized spacial score (nSPS) is 10.8. The van der Waals surface area contributed by atoms with Crippen molar-refractivity contribution in [1.29, 1.82) is 0 Å². The first-order chi connectivity index (χ1) is 12.2. The Morgan fingerprint density at radius 3 is 2.68 bits per heavy atom. The molecule has 0 atom stereocenters. The summed E-state index contributed by atoms with van der Waals surface area (Å²) < 4.78 is 6.41. The van der Waals surface area contributed by atoms with Gasteiger partial charge in [0.2, 0.25) is 0 Å². The summed E-state index contributed by atoms with van der Waals surface area (Å²) in [6.07, 6.45) is 3.41. The van der Waals surface area contributed by atoms with Gasteiger partial charge in [0, 0.05) is 12.3 Å². The third kappa shape index (κ3) is 3.72. The van der Waals surface area contributed by atoms with Gasteiger partial charge in [-0.25, -0.2) is 4.79 Å². The van der Waals surface area contributed by atoms with Crippen LogP contribution in [0.1, 0.15) is 21.7 Å². The lowest BCUT2D eigenvalue weighted by atomic mass is 10.2. The number of methoxy groups -OCH3 is 1. The maximum absolute atomic E-state index is 11.8. The number of esters is 1. The number of hydrogen-bond donors (Lipinski definition) is 1. The van der Waals surface area contributed by atoms with Crippen molar-refractivity contribution in [1.82, 2.24) is 20.2 Å². The quantitative estimate of drug-likeness (QED) is 0.722. The number of nitrogens with one attached hydrogen (secondary N) is 1. The van der Waals surface area contributed by atoms with Gasteiger partial charge in [0.25, 0.3) is 0 Å². The number of aromatic nitrogens is 4. The third-order valence-electron chi connectivity index (χ3n) is 3.58. The summed E-state index contributed by atoms with van der Waals surface area (Å²) in [5.41, 5.74) is 3.12. The zero-order chi connectivity index (χ0) is 17.6. The number of para-hydroxylation sites is 1. The van der Waals surface area contributed by atoms with E-state index in [0.29, 0.717) is 17.1 Å². The van der Waals surface area contributed by atoms with E-state index in [4.69, 9.17) is 4.74 Å². The Labute approximate surface area is 144 Å². The number of tetrazole rings is 1. The highest BCUT2D eigenvalue weighted by Gasteiger charge is 2.10. The van der Waals surface area contributed by atoms with E-state index >= 15 is 0 Å². The maximum atomic E-state index is 11.8. The van der Waals surface area contributed by atoms with Gasteiger partial charge in [0.1, 0.15) is 0 Å². The molecular formula is C18H17N5O2.